The molecule has 3 nitrogen and oxygen atoms in total. The van der Waals surface area contributed by atoms with E-state index in [-0.39, 0.29) is 5.41 Å². The van der Waals surface area contributed by atoms with Crippen molar-refractivity contribution in [2.45, 2.75) is 24.7 Å². The highest BCUT2D eigenvalue weighted by Gasteiger charge is 2.51. The number of thiophene rings is 1. The first-order valence-electron chi connectivity index (χ1n) is 20.0. The molecule has 0 saturated carbocycles. The Morgan fingerprint density at radius 2 is 1.14 bits per heavy atom. The minimum Gasteiger partial charge on any atom is -0.457 e. The van der Waals surface area contributed by atoms with Crippen LogP contribution >= 0.6 is 11.3 Å². The van der Waals surface area contributed by atoms with Crippen LogP contribution in [0, 0.1) is 0 Å². The molecule has 3 aliphatic rings. The number of fused-ring (bicyclic) bond motifs is 17. The highest BCUT2D eigenvalue weighted by atomic mass is 32.1. The summed E-state index contributed by atoms with van der Waals surface area (Å²) in [5.74, 6) is 2.51. The van der Waals surface area contributed by atoms with Gasteiger partial charge in [0.2, 0.25) is 0 Å². The smallest absolute Gasteiger partial charge is 0.160 e. The van der Waals surface area contributed by atoms with Crippen LogP contribution in [0.2, 0.25) is 0 Å². The molecule has 3 heterocycles. The van der Waals surface area contributed by atoms with Gasteiger partial charge >= 0.3 is 0 Å². The molecule has 0 atom stereocenters. The molecule has 0 saturated heterocycles. The molecule has 0 unspecified atom stereocenters. The molecule has 2 aromatic heterocycles. The van der Waals surface area contributed by atoms with E-state index in [9.17, 15) is 0 Å². The number of ether oxygens (including phenoxy) is 1. The van der Waals surface area contributed by atoms with Crippen LogP contribution in [-0.4, -0.2) is 9.97 Å². The standard InChI is InChI=1S/C54H34N2OS/c1-53(2)39-17-7-5-15-35(39)38-29-33(25-27-40(38)53)52-55-49(51-50(56-52)37-16-6-12-22-47(37)58-51)32-23-26-36-44(30-32)54(43-28-24-31-13-3-4-14-34(31)48(36)43)41-18-8-10-20-45(41)57-46-21-11-9-19-42(46)54/h3-30H,1-2H3. The van der Waals surface area contributed by atoms with Gasteiger partial charge in [-0.05, 0) is 85.6 Å². The molecule has 58 heavy (non-hydrogen) atoms. The summed E-state index contributed by atoms with van der Waals surface area (Å²) in [7, 11) is 0. The van der Waals surface area contributed by atoms with Gasteiger partial charge in [0.25, 0.3) is 0 Å². The van der Waals surface area contributed by atoms with Crippen LogP contribution in [0.3, 0.4) is 0 Å². The first-order chi connectivity index (χ1) is 28.5. The second kappa shape index (κ2) is 11.4. The molecule has 0 amide bonds. The summed E-state index contributed by atoms with van der Waals surface area (Å²) in [5.41, 5.74) is 16.0. The summed E-state index contributed by atoms with van der Waals surface area (Å²) >= 11 is 1.78. The molecule has 0 fully saturated rings. The van der Waals surface area contributed by atoms with Crippen LogP contribution in [-0.2, 0) is 10.8 Å². The van der Waals surface area contributed by atoms with Crippen molar-refractivity contribution < 1.29 is 4.74 Å². The molecule has 1 aliphatic heterocycles. The molecule has 8 aromatic carbocycles. The van der Waals surface area contributed by atoms with Gasteiger partial charge in [-0.15, -0.1) is 11.3 Å². The van der Waals surface area contributed by atoms with Gasteiger partial charge in [0.15, 0.2) is 5.82 Å². The molecule has 0 radical (unpaired) electrons. The zero-order valence-electron chi connectivity index (χ0n) is 31.9. The fourth-order valence-electron chi connectivity index (χ4n) is 10.6. The minimum atomic E-state index is -0.606. The second-order valence-electron chi connectivity index (χ2n) is 16.4. The van der Waals surface area contributed by atoms with Crippen molar-refractivity contribution in [3.05, 3.63) is 203 Å². The Hall–Kier alpha value is -6.88. The first-order valence-corrected chi connectivity index (χ1v) is 20.8. The largest absolute Gasteiger partial charge is 0.457 e. The van der Waals surface area contributed by atoms with Gasteiger partial charge in [-0.3, -0.25) is 0 Å². The van der Waals surface area contributed by atoms with Gasteiger partial charge in [0, 0.05) is 37.8 Å². The van der Waals surface area contributed by atoms with Crippen molar-refractivity contribution in [2.75, 3.05) is 0 Å². The summed E-state index contributed by atoms with van der Waals surface area (Å²) in [5, 5.41) is 3.64. The van der Waals surface area contributed by atoms with E-state index in [0.29, 0.717) is 0 Å². The van der Waals surface area contributed by atoms with Gasteiger partial charge in [0.1, 0.15) is 11.5 Å². The Bertz CT molecular complexity index is 3380. The van der Waals surface area contributed by atoms with E-state index in [1.165, 1.54) is 60.0 Å². The molecule has 0 bridgehead atoms. The molecule has 10 aromatic rings. The number of hydrogen-bond acceptors (Lipinski definition) is 4. The highest BCUT2D eigenvalue weighted by Crippen LogP contribution is 2.63. The van der Waals surface area contributed by atoms with Gasteiger partial charge in [-0.25, -0.2) is 9.97 Å². The highest BCUT2D eigenvalue weighted by molar-refractivity contribution is 7.26. The van der Waals surface area contributed by atoms with Gasteiger partial charge < -0.3 is 4.74 Å². The van der Waals surface area contributed by atoms with E-state index >= 15 is 0 Å². The lowest BCUT2D eigenvalue weighted by molar-refractivity contribution is 0.436. The second-order valence-corrected chi connectivity index (χ2v) is 17.5. The van der Waals surface area contributed by atoms with Crippen molar-refractivity contribution in [3.63, 3.8) is 0 Å². The van der Waals surface area contributed by atoms with Gasteiger partial charge in [-0.1, -0.05) is 153 Å². The molecule has 4 heteroatoms. The van der Waals surface area contributed by atoms with Crippen molar-refractivity contribution in [2.24, 2.45) is 0 Å². The Labute approximate surface area is 339 Å². The minimum absolute atomic E-state index is 0.0747. The van der Waals surface area contributed by atoms with Crippen LogP contribution in [0.25, 0.3) is 76.0 Å². The average Bonchev–Trinajstić information content (AvgIpc) is 3.87. The van der Waals surface area contributed by atoms with E-state index in [1.54, 1.807) is 11.3 Å². The third-order valence-corrected chi connectivity index (χ3v) is 14.3. The Balaban J connectivity index is 1.11. The molecule has 13 rings (SSSR count). The molecular weight excluding hydrogens is 725 g/mol. The maximum atomic E-state index is 6.70. The molecule has 2 aliphatic carbocycles. The lowest BCUT2D eigenvalue weighted by Crippen LogP contribution is -2.32. The monoisotopic (exact) mass is 758 g/mol. The molecule has 0 N–H and O–H groups in total. The predicted octanol–water partition coefficient (Wildman–Crippen LogP) is 14.1. The SMILES string of the molecule is CC1(C)c2ccccc2-c2cc(-c3nc(-c4ccc5c(c4)C4(c6ccccc6Oc6ccccc64)c4ccc6ccccc6c4-5)c4sc5ccccc5c4n3)ccc21. The average molecular weight is 759 g/mol. The summed E-state index contributed by atoms with van der Waals surface area (Å²) in [6.45, 7) is 4.65. The van der Waals surface area contributed by atoms with E-state index in [1.807, 2.05) is 0 Å². The Morgan fingerprint density at radius 3 is 1.97 bits per heavy atom. The Kier molecular flexibility index (Phi) is 6.32. The van der Waals surface area contributed by atoms with Gasteiger partial charge in [-0.2, -0.15) is 0 Å². The quantitative estimate of drug-likeness (QED) is 0.176. The van der Waals surface area contributed by atoms with E-state index in [2.05, 4.69) is 184 Å². The van der Waals surface area contributed by atoms with Gasteiger partial charge in [0.05, 0.1) is 21.3 Å². The summed E-state index contributed by atoms with van der Waals surface area (Å²) in [6.07, 6.45) is 0. The van der Waals surface area contributed by atoms with Crippen molar-refractivity contribution in [1.82, 2.24) is 9.97 Å². The van der Waals surface area contributed by atoms with E-state index < -0.39 is 5.41 Å². The summed E-state index contributed by atoms with van der Waals surface area (Å²) in [4.78, 5) is 11.0. The maximum Gasteiger partial charge on any atom is 0.160 e. The third-order valence-electron chi connectivity index (χ3n) is 13.2. The topological polar surface area (TPSA) is 35.0 Å². The molecule has 1 spiro atoms. The lowest BCUT2D eigenvalue weighted by Gasteiger charge is -2.39. The van der Waals surface area contributed by atoms with E-state index in [0.717, 1.165) is 60.9 Å². The number of hydrogen-bond donors (Lipinski definition) is 0. The fraction of sp³-hybridized carbons (Fsp3) is 0.0741. The Morgan fingerprint density at radius 1 is 0.483 bits per heavy atom. The normalized spacial score (nSPS) is 14.8. The number of rotatable bonds is 2. The predicted molar refractivity (Wildman–Crippen MR) is 238 cm³/mol. The van der Waals surface area contributed by atoms with Crippen molar-refractivity contribution in [1.29, 1.82) is 0 Å². The fourth-order valence-corrected chi connectivity index (χ4v) is 11.7. The summed E-state index contributed by atoms with van der Waals surface area (Å²) in [6, 6.07) is 62.0. The number of nitrogens with zero attached hydrogens (tertiary/aromatic N) is 2. The van der Waals surface area contributed by atoms with Crippen LogP contribution in [0.5, 0.6) is 11.5 Å². The van der Waals surface area contributed by atoms with Crippen LogP contribution in [0.15, 0.2) is 170 Å². The van der Waals surface area contributed by atoms with Crippen LogP contribution in [0.4, 0.5) is 0 Å². The maximum absolute atomic E-state index is 6.70. The third kappa shape index (κ3) is 4.07. The summed E-state index contributed by atoms with van der Waals surface area (Å²) < 4.78 is 9.00. The number of para-hydroxylation sites is 2. The zero-order chi connectivity index (χ0) is 38.3. The molecular formula is C54H34N2OS. The van der Waals surface area contributed by atoms with Crippen molar-refractivity contribution in [3.8, 4) is 56.4 Å². The number of benzene rings is 8. The van der Waals surface area contributed by atoms with Crippen molar-refractivity contribution >= 4 is 42.4 Å². The van der Waals surface area contributed by atoms with E-state index in [4.69, 9.17) is 14.7 Å². The zero-order valence-corrected chi connectivity index (χ0v) is 32.7. The van der Waals surface area contributed by atoms with Crippen LogP contribution < -0.4 is 4.74 Å². The first kappa shape index (κ1) is 32.2. The lowest BCUT2D eigenvalue weighted by atomic mass is 9.66. The molecule has 272 valence electrons. The number of aromatic nitrogens is 2. The van der Waals surface area contributed by atoms with Crippen LogP contribution in [0.1, 0.15) is 47.2 Å².